The molecule has 1 aromatic rings. The van der Waals surface area contributed by atoms with Gasteiger partial charge in [-0.1, -0.05) is 11.6 Å². The van der Waals surface area contributed by atoms with Crippen molar-refractivity contribution in [3.8, 4) is 11.5 Å². The van der Waals surface area contributed by atoms with Crippen LogP contribution in [0.1, 0.15) is 12.5 Å². The number of hydrogen-bond donors (Lipinski definition) is 2. The van der Waals surface area contributed by atoms with Gasteiger partial charge in [0.05, 0.1) is 18.7 Å². The highest BCUT2D eigenvalue weighted by molar-refractivity contribution is 6.32. The summed E-state index contributed by atoms with van der Waals surface area (Å²) in [4.78, 5) is 11.3. The van der Waals surface area contributed by atoms with Gasteiger partial charge in [-0.05, 0) is 24.6 Å². The number of likely N-dealkylation sites (N-methyl/N-ethyl adjacent to an activating group) is 1. The molecule has 2 N–H and O–H groups in total. The van der Waals surface area contributed by atoms with Gasteiger partial charge in [-0.3, -0.25) is 4.79 Å². The molecule has 0 aliphatic rings. The molecule has 100 valence electrons. The van der Waals surface area contributed by atoms with E-state index in [-0.39, 0.29) is 19.1 Å². The van der Waals surface area contributed by atoms with Crippen LogP contribution in [0, 0.1) is 0 Å². The lowest BCUT2D eigenvalue weighted by Gasteiger charge is -2.13. The molecule has 0 aromatic heterocycles. The number of aliphatic hydroxyl groups is 1. The van der Waals surface area contributed by atoms with Crippen LogP contribution in [-0.4, -0.2) is 31.3 Å². The predicted octanol–water partition coefficient (Wildman–Crippen LogP) is 1.36. The van der Waals surface area contributed by atoms with Crippen molar-refractivity contribution in [1.82, 2.24) is 5.32 Å². The van der Waals surface area contributed by atoms with Gasteiger partial charge in [-0.2, -0.15) is 0 Å². The number of aliphatic hydroxyl groups excluding tert-OH is 1. The fourth-order valence-electron chi connectivity index (χ4n) is 1.39. The van der Waals surface area contributed by atoms with Crippen molar-refractivity contribution >= 4 is 17.5 Å². The molecule has 0 saturated heterocycles. The molecule has 0 spiro atoms. The maximum absolute atomic E-state index is 11.3. The highest BCUT2D eigenvalue weighted by atomic mass is 35.5. The van der Waals surface area contributed by atoms with Gasteiger partial charge in [0, 0.05) is 6.54 Å². The standard InChI is InChI=1S/C12H16ClNO4/c1-3-14-11(16)7-18-12-9(13)4-8(6-15)5-10(12)17-2/h4-5,15H,3,6-7H2,1-2H3,(H,14,16). The molecule has 0 aliphatic carbocycles. The first-order valence-corrected chi connectivity index (χ1v) is 5.86. The van der Waals surface area contributed by atoms with E-state index in [2.05, 4.69) is 5.32 Å². The normalized spacial score (nSPS) is 10.0. The van der Waals surface area contributed by atoms with Crippen LogP contribution in [-0.2, 0) is 11.4 Å². The van der Waals surface area contributed by atoms with E-state index in [1.807, 2.05) is 6.92 Å². The smallest absolute Gasteiger partial charge is 0.257 e. The summed E-state index contributed by atoms with van der Waals surface area (Å²) >= 11 is 6.00. The first-order chi connectivity index (χ1) is 8.62. The second-order valence-electron chi connectivity index (χ2n) is 3.51. The largest absolute Gasteiger partial charge is 0.493 e. The number of ether oxygens (including phenoxy) is 2. The van der Waals surface area contributed by atoms with Gasteiger partial charge < -0.3 is 19.9 Å². The Morgan fingerprint density at radius 3 is 2.78 bits per heavy atom. The van der Waals surface area contributed by atoms with Gasteiger partial charge >= 0.3 is 0 Å². The van der Waals surface area contributed by atoms with E-state index in [0.717, 1.165) is 0 Å². The number of carbonyl (C=O) groups is 1. The van der Waals surface area contributed by atoms with E-state index in [4.69, 9.17) is 26.2 Å². The number of hydrogen-bond acceptors (Lipinski definition) is 4. The monoisotopic (exact) mass is 273 g/mol. The summed E-state index contributed by atoms with van der Waals surface area (Å²) in [7, 11) is 1.46. The third-order valence-electron chi connectivity index (χ3n) is 2.19. The van der Waals surface area contributed by atoms with Crippen LogP contribution >= 0.6 is 11.6 Å². The van der Waals surface area contributed by atoms with Gasteiger partial charge in [-0.15, -0.1) is 0 Å². The molecule has 0 atom stereocenters. The summed E-state index contributed by atoms with van der Waals surface area (Å²) in [6.45, 7) is 2.08. The Bertz CT molecular complexity index is 423. The van der Waals surface area contributed by atoms with Crippen LogP contribution in [0.25, 0.3) is 0 Å². The summed E-state index contributed by atoms with van der Waals surface area (Å²) < 4.78 is 10.4. The average Bonchev–Trinajstić information content (AvgIpc) is 2.36. The SMILES string of the molecule is CCNC(=O)COc1c(Cl)cc(CO)cc1OC. The third kappa shape index (κ3) is 3.78. The third-order valence-corrected chi connectivity index (χ3v) is 2.47. The van der Waals surface area contributed by atoms with Gasteiger partial charge in [0.1, 0.15) is 0 Å². The Morgan fingerprint density at radius 1 is 1.50 bits per heavy atom. The lowest BCUT2D eigenvalue weighted by Crippen LogP contribution is -2.28. The van der Waals surface area contributed by atoms with E-state index in [1.165, 1.54) is 7.11 Å². The highest BCUT2D eigenvalue weighted by Gasteiger charge is 2.13. The zero-order valence-electron chi connectivity index (χ0n) is 10.3. The molecule has 0 fully saturated rings. The Kier molecular flexibility index (Phi) is 5.74. The van der Waals surface area contributed by atoms with Crippen molar-refractivity contribution in [2.75, 3.05) is 20.3 Å². The van der Waals surface area contributed by atoms with Crippen molar-refractivity contribution in [3.05, 3.63) is 22.7 Å². The maximum atomic E-state index is 11.3. The summed E-state index contributed by atoms with van der Waals surface area (Å²) in [5, 5.41) is 11.9. The molecule has 1 rings (SSSR count). The summed E-state index contributed by atoms with van der Waals surface area (Å²) in [6, 6.07) is 3.18. The molecule has 1 amide bonds. The zero-order valence-corrected chi connectivity index (χ0v) is 11.1. The lowest BCUT2D eigenvalue weighted by atomic mass is 10.2. The summed E-state index contributed by atoms with van der Waals surface area (Å²) in [5.74, 6) is 0.445. The molecule has 0 saturated carbocycles. The van der Waals surface area contributed by atoms with E-state index >= 15 is 0 Å². The van der Waals surface area contributed by atoms with Gasteiger partial charge in [0.2, 0.25) is 0 Å². The number of methoxy groups -OCH3 is 1. The quantitative estimate of drug-likeness (QED) is 0.821. The predicted molar refractivity (Wildman–Crippen MR) is 68.1 cm³/mol. The second kappa shape index (κ2) is 7.08. The number of halogens is 1. The minimum absolute atomic E-state index is 0.137. The minimum Gasteiger partial charge on any atom is -0.493 e. The van der Waals surface area contributed by atoms with Crippen molar-refractivity contribution in [2.45, 2.75) is 13.5 Å². The van der Waals surface area contributed by atoms with Crippen LogP contribution in [0.3, 0.4) is 0 Å². The Balaban J connectivity index is 2.84. The molecule has 0 unspecified atom stereocenters. The molecule has 0 aliphatic heterocycles. The van der Waals surface area contributed by atoms with Crippen LogP contribution in [0.2, 0.25) is 5.02 Å². The Morgan fingerprint density at radius 2 is 2.22 bits per heavy atom. The fraction of sp³-hybridized carbons (Fsp3) is 0.417. The fourth-order valence-corrected chi connectivity index (χ4v) is 1.68. The van der Waals surface area contributed by atoms with Crippen LogP contribution in [0.5, 0.6) is 11.5 Å². The van der Waals surface area contributed by atoms with Gasteiger partial charge in [0.15, 0.2) is 18.1 Å². The summed E-state index contributed by atoms with van der Waals surface area (Å²) in [6.07, 6.45) is 0. The first kappa shape index (κ1) is 14.6. The topological polar surface area (TPSA) is 67.8 Å². The van der Waals surface area contributed by atoms with E-state index in [0.29, 0.717) is 28.6 Å². The molecule has 18 heavy (non-hydrogen) atoms. The number of rotatable bonds is 6. The number of carbonyl (C=O) groups excluding carboxylic acids is 1. The Hall–Kier alpha value is -1.46. The molecule has 0 bridgehead atoms. The average molecular weight is 274 g/mol. The lowest BCUT2D eigenvalue weighted by molar-refractivity contribution is -0.122. The van der Waals surface area contributed by atoms with Crippen molar-refractivity contribution < 1.29 is 19.4 Å². The molecule has 0 radical (unpaired) electrons. The highest BCUT2D eigenvalue weighted by Crippen LogP contribution is 2.36. The van der Waals surface area contributed by atoms with Crippen molar-refractivity contribution in [2.24, 2.45) is 0 Å². The van der Waals surface area contributed by atoms with Crippen LogP contribution in [0.4, 0.5) is 0 Å². The van der Waals surface area contributed by atoms with Crippen LogP contribution < -0.4 is 14.8 Å². The zero-order chi connectivity index (χ0) is 13.5. The first-order valence-electron chi connectivity index (χ1n) is 5.49. The van der Waals surface area contributed by atoms with Crippen molar-refractivity contribution in [3.63, 3.8) is 0 Å². The molecular weight excluding hydrogens is 258 g/mol. The molecule has 0 heterocycles. The number of amides is 1. The van der Waals surface area contributed by atoms with Crippen LogP contribution in [0.15, 0.2) is 12.1 Å². The molecule has 5 nitrogen and oxygen atoms in total. The molecule has 6 heteroatoms. The van der Waals surface area contributed by atoms with Gasteiger partial charge in [0.25, 0.3) is 5.91 Å². The Labute approximate surface area is 111 Å². The van der Waals surface area contributed by atoms with Crippen molar-refractivity contribution in [1.29, 1.82) is 0 Å². The molecular formula is C12H16ClNO4. The van der Waals surface area contributed by atoms with Gasteiger partial charge in [-0.25, -0.2) is 0 Å². The van der Waals surface area contributed by atoms with E-state index in [1.54, 1.807) is 12.1 Å². The number of benzene rings is 1. The molecule has 1 aromatic carbocycles. The van der Waals surface area contributed by atoms with E-state index < -0.39 is 0 Å². The summed E-state index contributed by atoms with van der Waals surface area (Å²) in [5.41, 5.74) is 0.613. The van der Waals surface area contributed by atoms with E-state index in [9.17, 15) is 4.79 Å². The number of nitrogens with one attached hydrogen (secondary N) is 1. The second-order valence-corrected chi connectivity index (χ2v) is 3.92. The minimum atomic E-state index is -0.234. The maximum Gasteiger partial charge on any atom is 0.257 e.